The van der Waals surface area contributed by atoms with Gasteiger partial charge in [0.1, 0.15) is 85.5 Å². The molecule has 0 unspecified atom stereocenters. The lowest BCUT2D eigenvalue weighted by atomic mass is 9.33. The third kappa shape index (κ3) is 9.29. The number of ether oxygens (including phenoxy) is 8. The number of aliphatic hydroxyl groups excluding tert-OH is 12. The van der Waals surface area contributed by atoms with Gasteiger partial charge < -0.3 is 99.2 Å². The first kappa shape index (κ1) is 56.2. The van der Waals surface area contributed by atoms with Crippen molar-refractivity contribution in [3.63, 3.8) is 0 Å². The van der Waals surface area contributed by atoms with Crippen LogP contribution in [0.15, 0.2) is 11.6 Å². The number of hydrogen-bond acceptors (Lipinski definition) is 21. The van der Waals surface area contributed by atoms with Gasteiger partial charge in [-0.05, 0) is 109 Å². The Morgan fingerprint density at radius 1 is 0.616 bits per heavy atom. The van der Waals surface area contributed by atoms with Gasteiger partial charge >= 0.3 is 5.97 Å². The van der Waals surface area contributed by atoms with Gasteiger partial charge in [-0.2, -0.15) is 0 Å². The van der Waals surface area contributed by atoms with E-state index in [1.807, 2.05) is 0 Å². The van der Waals surface area contributed by atoms with Crippen molar-refractivity contribution < 1.29 is 104 Å². The molecule has 12 N–H and O–H groups in total. The highest BCUT2D eigenvalue weighted by atomic mass is 16.8. The largest absolute Gasteiger partial charge is 0.432 e. The molecule has 0 radical (unpaired) electrons. The fraction of sp³-hybridized carbons (Fsp3) is 0.942. The fourth-order valence-corrected chi connectivity index (χ4v) is 15.8. The zero-order valence-electron chi connectivity index (χ0n) is 43.2. The van der Waals surface area contributed by atoms with Crippen molar-refractivity contribution >= 4 is 5.97 Å². The Morgan fingerprint density at radius 2 is 1.22 bits per heavy atom. The number of hydrogen-bond donors (Lipinski definition) is 12. The normalized spacial score (nSPS) is 53.7. The first-order valence-corrected chi connectivity index (χ1v) is 26.6. The summed E-state index contributed by atoms with van der Waals surface area (Å²) in [7, 11) is 0. The molecule has 0 aromatic carbocycles. The number of fused-ring (bicyclic) bond motifs is 7. The number of esters is 1. The van der Waals surface area contributed by atoms with Crippen LogP contribution in [0.4, 0.5) is 0 Å². The highest BCUT2D eigenvalue weighted by molar-refractivity contribution is 5.79. The number of carbonyl (C=O) groups excluding carboxylic acids is 1. The highest BCUT2D eigenvalue weighted by Crippen LogP contribution is 2.76. The van der Waals surface area contributed by atoms with Gasteiger partial charge in [0.05, 0.1) is 37.9 Å². The van der Waals surface area contributed by atoms with Crippen LogP contribution in [-0.2, 0) is 42.7 Å². The molecule has 0 spiro atoms. The summed E-state index contributed by atoms with van der Waals surface area (Å²) in [4.78, 5) is 15.0. The SMILES string of the molecule is CC1(C)CC[C@]2(C(=O)O[C@@H]3O[C@H](CO[C@@H]4O[C@H](CO)[C@@H](O)[C@H](O)[C@H]4O)[C@@H](O)[C@H](O)[C@H]3O)CC[C@]3(C)C(=CC[C@@H]4[C@@]5(C)CC[C@H](O[C@@H]6OC[C@H](O)[C@H](O)[C@H]6O[C@@H]6OC[C@@H](O)[C@H](O)[C@H]6O)C(C)(C)[C@@H]5CC[C@]43C)[C@@H]2C1. The Balaban J connectivity index is 0.920. The van der Waals surface area contributed by atoms with Crippen LogP contribution in [0.3, 0.4) is 0 Å². The molecular weight excluding hydrogens is 961 g/mol. The molecule has 418 valence electrons. The average molecular weight is 1050 g/mol. The predicted octanol–water partition coefficient (Wildman–Crippen LogP) is -0.757. The summed E-state index contributed by atoms with van der Waals surface area (Å²) in [6.07, 6.45) is -18.1. The van der Waals surface area contributed by atoms with E-state index in [9.17, 15) is 61.3 Å². The first-order valence-electron chi connectivity index (χ1n) is 26.6. The van der Waals surface area contributed by atoms with Crippen molar-refractivity contribution in [2.45, 2.75) is 229 Å². The summed E-state index contributed by atoms with van der Waals surface area (Å²) in [5.41, 5.74) is -0.867. The van der Waals surface area contributed by atoms with Gasteiger partial charge in [0.25, 0.3) is 0 Å². The van der Waals surface area contributed by atoms with Gasteiger partial charge in [0.15, 0.2) is 18.9 Å². The maximum absolute atomic E-state index is 15.0. The lowest BCUT2D eigenvalue weighted by Crippen LogP contribution is -2.66. The molecule has 73 heavy (non-hydrogen) atoms. The molecule has 4 aliphatic heterocycles. The molecule has 8 fully saturated rings. The molecule has 0 aromatic rings. The number of carbonyl (C=O) groups is 1. The minimum absolute atomic E-state index is 0.113. The quantitative estimate of drug-likeness (QED) is 0.0727. The number of aliphatic hydroxyl groups is 12. The topological polar surface area (TPSA) is 334 Å². The Labute approximate surface area is 426 Å². The van der Waals surface area contributed by atoms with Crippen molar-refractivity contribution in [3.05, 3.63) is 11.6 Å². The summed E-state index contributed by atoms with van der Waals surface area (Å²) in [5, 5.41) is 127. The Bertz CT molecular complexity index is 2010. The van der Waals surface area contributed by atoms with Crippen molar-refractivity contribution in [1.29, 1.82) is 0 Å². The molecule has 9 aliphatic rings. The lowest BCUT2D eigenvalue weighted by Gasteiger charge is -2.71. The molecule has 21 nitrogen and oxygen atoms in total. The molecule has 9 rings (SSSR count). The molecular formula is C52H84O21. The number of allylic oxidation sites excluding steroid dienone is 2. The van der Waals surface area contributed by atoms with Gasteiger partial charge in [-0.3, -0.25) is 4.79 Å². The van der Waals surface area contributed by atoms with Crippen LogP contribution in [-0.4, -0.2) is 210 Å². The van der Waals surface area contributed by atoms with Gasteiger partial charge in [-0.25, -0.2) is 0 Å². The minimum atomic E-state index is -1.82. The second-order valence-electron chi connectivity index (χ2n) is 25.4. The summed E-state index contributed by atoms with van der Waals surface area (Å²) >= 11 is 0. The van der Waals surface area contributed by atoms with Gasteiger partial charge in [-0.15, -0.1) is 0 Å². The molecule has 21 heteroatoms. The van der Waals surface area contributed by atoms with Crippen LogP contribution in [0, 0.1) is 50.2 Å². The Kier molecular flexibility index (Phi) is 15.6. The van der Waals surface area contributed by atoms with Crippen LogP contribution in [0.5, 0.6) is 0 Å². The predicted molar refractivity (Wildman–Crippen MR) is 251 cm³/mol. The Hall–Kier alpha value is -1.55. The smallest absolute Gasteiger partial charge is 0.315 e. The molecule has 4 saturated heterocycles. The molecule has 4 heterocycles. The zero-order valence-corrected chi connectivity index (χ0v) is 43.2. The van der Waals surface area contributed by atoms with E-state index in [-0.39, 0.29) is 58.7 Å². The molecule has 0 amide bonds. The van der Waals surface area contributed by atoms with E-state index < -0.39 is 141 Å². The van der Waals surface area contributed by atoms with E-state index in [1.165, 1.54) is 5.57 Å². The van der Waals surface area contributed by atoms with Crippen LogP contribution < -0.4 is 0 Å². The molecule has 0 aromatic heterocycles. The second kappa shape index (κ2) is 20.3. The van der Waals surface area contributed by atoms with E-state index in [4.69, 9.17) is 37.9 Å². The van der Waals surface area contributed by atoms with E-state index in [0.717, 1.165) is 38.5 Å². The van der Waals surface area contributed by atoms with Gasteiger partial charge in [-0.1, -0.05) is 60.1 Å². The fourth-order valence-electron chi connectivity index (χ4n) is 15.8. The first-order chi connectivity index (χ1) is 34.2. The standard InChI is InChI=1S/C52H84O21/c1-47(2)14-16-52(46(65)73-44-40(64)37(61)35(59)28(70-44)22-68-42-39(63)36(60)34(58)27(19-53)69-42)17-15-50(6)23(24(52)18-47)8-9-30-49(5)12-11-31(48(3,4)29(49)10-13-51(30,50)7)71-45-41(33(57)26(55)21-67-45)72-43-38(62)32(56)25(54)20-66-43/h8,24-45,53-64H,9-22H2,1-7H3/t24-,25+,26-,27+,28+,29-,30+,31-,32-,33-,34+,35+,36-,37-,38+,39+,40+,41+,42+,43-,44-,45-,49-,50+,51+,52-/m0/s1. The monoisotopic (exact) mass is 1040 g/mol. The maximum atomic E-state index is 15.0. The van der Waals surface area contributed by atoms with Gasteiger partial charge in [0.2, 0.25) is 6.29 Å². The summed E-state index contributed by atoms with van der Waals surface area (Å²) in [6, 6.07) is 0. The molecule has 4 saturated carbocycles. The Morgan fingerprint density at radius 3 is 1.90 bits per heavy atom. The highest BCUT2D eigenvalue weighted by Gasteiger charge is 2.70. The second-order valence-corrected chi connectivity index (χ2v) is 25.4. The molecule has 0 bridgehead atoms. The van der Waals surface area contributed by atoms with Crippen LogP contribution in [0.1, 0.15) is 113 Å². The summed E-state index contributed by atoms with van der Waals surface area (Å²) in [5.74, 6) is -0.311. The third-order valence-electron chi connectivity index (χ3n) is 20.6. The van der Waals surface area contributed by atoms with E-state index in [1.54, 1.807) is 0 Å². The van der Waals surface area contributed by atoms with Crippen LogP contribution in [0.2, 0.25) is 0 Å². The van der Waals surface area contributed by atoms with Gasteiger partial charge in [0, 0.05) is 0 Å². The molecule has 5 aliphatic carbocycles. The minimum Gasteiger partial charge on any atom is -0.432 e. The lowest BCUT2D eigenvalue weighted by molar-refractivity contribution is -0.357. The van der Waals surface area contributed by atoms with Crippen molar-refractivity contribution in [1.82, 2.24) is 0 Å². The maximum Gasteiger partial charge on any atom is 0.315 e. The van der Waals surface area contributed by atoms with Crippen molar-refractivity contribution in [2.24, 2.45) is 50.2 Å². The summed E-state index contributed by atoms with van der Waals surface area (Å²) < 4.78 is 47.5. The van der Waals surface area contributed by atoms with Crippen molar-refractivity contribution in [3.8, 4) is 0 Å². The van der Waals surface area contributed by atoms with Crippen LogP contribution >= 0.6 is 0 Å². The van der Waals surface area contributed by atoms with Crippen LogP contribution in [0.25, 0.3) is 0 Å². The van der Waals surface area contributed by atoms with E-state index >= 15 is 4.79 Å². The number of rotatable bonds is 10. The summed E-state index contributed by atoms with van der Waals surface area (Å²) in [6.45, 7) is 14.4. The van der Waals surface area contributed by atoms with E-state index in [2.05, 4.69) is 54.5 Å². The average Bonchev–Trinajstić information content (AvgIpc) is 3.34. The zero-order chi connectivity index (χ0) is 53.1. The molecule has 26 atom stereocenters. The van der Waals surface area contributed by atoms with Crippen molar-refractivity contribution in [2.75, 3.05) is 26.4 Å². The third-order valence-corrected chi connectivity index (χ3v) is 20.6. The van der Waals surface area contributed by atoms with E-state index in [0.29, 0.717) is 25.7 Å².